The lowest BCUT2D eigenvalue weighted by molar-refractivity contribution is -0.659. The third-order valence-corrected chi connectivity index (χ3v) is 7.49. The highest BCUT2D eigenvalue weighted by Crippen LogP contribution is 2.53. The second-order valence-corrected chi connectivity index (χ2v) is 13.2. The summed E-state index contributed by atoms with van der Waals surface area (Å²) >= 11 is 0. The van der Waals surface area contributed by atoms with Crippen molar-refractivity contribution in [1.82, 2.24) is 4.98 Å². The Hall–Kier alpha value is -3.46. The van der Waals surface area contributed by atoms with Gasteiger partial charge in [0.2, 0.25) is 5.69 Å². The van der Waals surface area contributed by atoms with Crippen molar-refractivity contribution in [3.63, 3.8) is 0 Å². The molecule has 3 nitrogen and oxygen atoms in total. The van der Waals surface area contributed by atoms with Crippen LogP contribution in [0.3, 0.4) is 0 Å². The lowest BCUT2D eigenvalue weighted by Crippen LogP contribution is -2.32. The fourth-order valence-corrected chi connectivity index (χ4v) is 6.03. The summed E-state index contributed by atoms with van der Waals surface area (Å²) in [6.07, 6.45) is 4.05. The van der Waals surface area contributed by atoms with Crippen LogP contribution in [0.5, 0.6) is 11.5 Å². The van der Waals surface area contributed by atoms with Crippen molar-refractivity contribution < 1.29 is 9.30 Å². The number of hydrogen-bond acceptors (Lipinski definition) is 2. The second-order valence-electron chi connectivity index (χ2n) is 13.2. The normalized spacial score (nSPS) is 13.3. The average Bonchev–Trinajstić information content (AvgIpc) is 2.81. The summed E-state index contributed by atoms with van der Waals surface area (Å²) in [4.78, 5) is 5.11. The zero-order chi connectivity index (χ0) is 26.3. The molecule has 1 aliphatic rings. The molecular weight excluding hydrogens is 452 g/mol. The van der Waals surface area contributed by atoms with Crippen molar-refractivity contribution in [2.75, 3.05) is 0 Å². The molecule has 0 radical (unpaired) electrons. The van der Waals surface area contributed by atoms with Crippen LogP contribution in [0.1, 0.15) is 58.4 Å². The molecule has 0 bridgehead atoms. The van der Waals surface area contributed by atoms with Gasteiger partial charge in [0, 0.05) is 28.1 Å². The quantitative estimate of drug-likeness (QED) is 0.180. The molecular formula is C34H37N2O+. The van der Waals surface area contributed by atoms with E-state index >= 15 is 0 Å². The Morgan fingerprint density at radius 3 is 2.22 bits per heavy atom. The van der Waals surface area contributed by atoms with Gasteiger partial charge in [-0.05, 0) is 65.1 Å². The van der Waals surface area contributed by atoms with Gasteiger partial charge < -0.3 is 4.74 Å². The van der Waals surface area contributed by atoms with Gasteiger partial charge in [-0.2, -0.15) is 0 Å². The van der Waals surface area contributed by atoms with Crippen LogP contribution in [0.15, 0.2) is 54.7 Å². The number of rotatable bonds is 2. The maximum absolute atomic E-state index is 7.07. The van der Waals surface area contributed by atoms with E-state index in [2.05, 4.69) is 115 Å². The number of fused-ring (bicyclic) bond motifs is 5. The van der Waals surface area contributed by atoms with Crippen molar-refractivity contribution in [2.24, 2.45) is 17.9 Å². The highest BCUT2D eigenvalue weighted by Gasteiger charge is 2.34. The van der Waals surface area contributed by atoms with E-state index in [1.807, 2.05) is 0 Å². The van der Waals surface area contributed by atoms with E-state index in [1.54, 1.807) is 0 Å². The zero-order valence-electron chi connectivity index (χ0n) is 23.4. The highest BCUT2D eigenvalue weighted by atomic mass is 16.5. The van der Waals surface area contributed by atoms with Crippen LogP contribution in [0.2, 0.25) is 0 Å². The molecule has 0 unspecified atom stereocenters. The molecule has 0 atom stereocenters. The van der Waals surface area contributed by atoms with Gasteiger partial charge in [-0.15, -0.1) is 0 Å². The fraction of sp³-hybridized carbons (Fsp3) is 0.353. The molecule has 0 N–H and O–H groups in total. The first-order valence-electron chi connectivity index (χ1n) is 13.4. The van der Waals surface area contributed by atoms with Gasteiger partial charge >= 0.3 is 0 Å². The third kappa shape index (κ3) is 3.96. The number of hydrogen-bond donors (Lipinski definition) is 0. The van der Waals surface area contributed by atoms with Crippen LogP contribution < -0.4 is 9.30 Å². The predicted octanol–water partition coefficient (Wildman–Crippen LogP) is 8.62. The predicted molar refractivity (Wildman–Crippen MR) is 154 cm³/mol. The SMILES string of the molecule is Cc1c2c(c(CC(C)(C)C)c3ccccc13)Oc1c3ccc(CC(C)(C)C)nc3cc3cc[n+](C)c-2c13. The summed E-state index contributed by atoms with van der Waals surface area (Å²) < 4.78 is 9.34. The number of aromatic nitrogens is 2. The number of ether oxygens (including phenoxy) is 1. The van der Waals surface area contributed by atoms with Crippen LogP contribution in [-0.4, -0.2) is 4.98 Å². The first kappa shape index (κ1) is 23.9. The Bertz CT molecular complexity index is 1730. The minimum absolute atomic E-state index is 0.117. The van der Waals surface area contributed by atoms with Crippen molar-refractivity contribution >= 4 is 32.4 Å². The summed E-state index contributed by atoms with van der Waals surface area (Å²) in [6.45, 7) is 16.0. The van der Waals surface area contributed by atoms with E-state index in [0.717, 1.165) is 40.9 Å². The number of aryl methyl sites for hydroxylation is 2. The second kappa shape index (κ2) is 8.02. The van der Waals surface area contributed by atoms with Gasteiger partial charge in [0.25, 0.3) is 0 Å². The van der Waals surface area contributed by atoms with Gasteiger partial charge in [-0.3, -0.25) is 4.98 Å². The molecule has 1 aliphatic heterocycles. The van der Waals surface area contributed by atoms with Crippen molar-refractivity contribution in [2.45, 2.75) is 61.3 Å². The first-order valence-corrected chi connectivity index (χ1v) is 13.4. The zero-order valence-corrected chi connectivity index (χ0v) is 23.4. The molecule has 0 saturated heterocycles. The average molecular weight is 490 g/mol. The minimum Gasteiger partial charge on any atom is -0.455 e. The maximum atomic E-state index is 7.07. The van der Waals surface area contributed by atoms with Gasteiger partial charge in [0.1, 0.15) is 12.8 Å². The molecule has 37 heavy (non-hydrogen) atoms. The minimum atomic E-state index is 0.117. The summed E-state index contributed by atoms with van der Waals surface area (Å²) in [5.41, 5.74) is 7.44. The topological polar surface area (TPSA) is 26.0 Å². The molecule has 0 fully saturated rings. The molecule has 0 spiro atoms. The number of benzene rings is 3. The lowest BCUT2D eigenvalue weighted by Gasteiger charge is -2.28. The molecule has 2 aromatic heterocycles. The van der Waals surface area contributed by atoms with Gasteiger partial charge in [0.15, 0.2) is 11.9 Å². The number of nitrogens with zero attached hydrogens (tertiary/aromatic N) is 2. The molecule has 6 rings (SSSR count). The van der Waals surface area contributed by atoms with Crippen LogP contribution in [0.4, 0.5) is 0 Å². The fourth-order valence-electron chi connectivity index (χ4n) is 6.03. The van der Waals surface area contributed by atoms with Crippen LogP contribution in [0, 0.1) is 17.8 Å². The van der Waals surface area contributed by atoms with Gasteiger partial charge in [-0.1, -0.05) is 65.8 Å². The summed E-state index contributed by atoms with van der Waals surface area (Å²) in [7, 11) is 2.15. The van der Waals surface area contributed by atoms with Crippen LogP contribution in [0.25, 0.3) is 43.7 Å². The number of pyridine rings is 2. The van der Waals surface area contributed by atoms with E-state index < -0.39 is 0 Å². The maximum Gasteiger partial charge on any atom is 0.228 e. The molecule has 5 aromatic rings. The molecule has 188 valence electrons. The van der Waals surface area contributed by atoms with Crippen molar-refractivity contribution in [1.29, 1.82) is 0 Å². The Balaban J connectivity index is 1.72. The van der Waals surface area contributed by atoms with E-state index in [1.165, 1.54) is 43.9 Å². The monoisotopic (exact) mass is 489 g/mol. The molecule has 0 amide bonds. The van der Waals surface area contributed by atoms with Crippen LogP contribution in [-0.2, 0) is 19.9 Å². The van der Waals surface area contributed by atoms with Gasteiger partial charge in [-0.25, -0.2) is 4.57 Å². The summed E-state index contributed by atoms with van der Waals surface area (Å²) in [5, 5.41) is 6.02. The third-order valence-electron chi connectivity index (χ3n) is 7.49. The van der Waals surface area contributed by atoms with E-state index in [0.29, 0.717) is 0 Å². The van der Waals surface area contributed by atoms with Crippen molar-refractivity contribution in [3.8, 4) is 22.8 Å². The Morgan fingerprint density at radius 2 is 1.51 bits per heavy atom. The lowest BCUT2D eigenvalue weighted by atomic mass is 9.81. The Kier molecular flexibility index (Phi) is 5.18. The molecule has 0 saturated carbocycles. The standard InChI is InChI=1S/C34H37N2O/c1-20-23-11-9-10-12-24(23)26(19-34(5,6)7)32-28(20)30-29-21(15-16-36(30)8)17-27-25(31(29)37-32)14-13-22(35-27)18-33(2,3)4/h9-17H,18-19H2,1-8H3/q+1. The first-order chi connectivity index (χ1) is 17.4. The van der Waals surface area contributed by atoms with Gasteiger partial charge in [0.05, 0.1) is 16.5 Å². The molecule has 3 aromatic carbocycles. The summed E-state index contributed by atoms with van der Waals surface area (Å²) in [6, 6.07) is 17.6. The van der Waals surface area contributed by atoms with Crippen LogP contribution >= 0.6 is 0 Å². The summed E-state index contributed by atoms with van der Waals surface area (Å²) in [5.74, 6) is 1.94. The van der Waals surface area contributed by atoms with E-state index in [9.17, 15) is 0 Å². The molecule has 3 heteroatoms. The Labute approximate surface area is 220 Å². The molecule has 3 heterocycles. The van der Waals surface area contributed by atoms with E-state index in [-0.39, 0.29) is 10.8 Å². The van der Waals surface area contributed by atoms with Crippen molar-refractivity contribution in [3.05, 3.63) is 71.5 Å². The van der Waals surface area contributed by atoms with E-state index in [4.69, 9.17) is 9.72 Å². The smallest absolute Gasteiger partial charge is 0.228 e. The largest absolute Gasteiger partial charge is 0.455 e. The Morgan fingerprint density at radius 1 is 0.811 bits per heavy atom. The molecule has 0 aliphatic carbocycles. The highest BCUT2D eigenvalue weighted by molar-refractivity contribution is 6.12.